The molecule has 2 aromatic heterocycles. The average molecular weight is 444 g/mol. The van der Waals surface area contributed by atoms with Crippen LogP contribution in [0.5, 0.6) is 5.75 Å². The molecule has 1 atom stereocenters. The molecule has 8 heteroatoms. The molecule has 4 aromatic rings. The summed E-state index contributed by atoms with van der Waals surface area (Å²) in [6.07, 6.45) is 3.21. The number of nitrogens with one attached hydrogen (secondary N) is 1. The van der Waals surface area contributed by atoms with E-state index in [1.54, 1.807) is 54.7 Å². The molecule has 7 nitrogen and oxygen atoms in total. The number of halogens is 1. The molecule has 0 saturated heterocycles. The molecule has 0 amide bonds. The molecule has 0 spiro atoms. The lowest BCUT2D eigenvalue weighted by molar-refractivity contribution is -0.137. The highest BCUT2D eigenvalue weighted by Crippen LogP contribution is 2.23. The monoisotopic (exact) mass is 444 g/mol. The average Bonchev–Trinajstić information content (AvgIpc) is 2.84. The molecule has 2 aromatic carbocycles. The molecule has 0 fully saturated rings. The van der Waals surface area contributed by atoms with Crippen molar-refractivity contribution in [2.75, 3.05) is 5.32 Å². The Hall–Kier alpha value is -4.33. The lowest BCUT2D eigenvalue weighted by atomic mass is 10.1. The fourth-order valence-electron chi connectivity index (χ4n) is 3.20. The number of anilines is 1. The summed E-state index contributed by atoms with van der Waals surface area (Å²) in [5.74, 6) is -0.325. The predicted molar refractivity (Wildman–Crippen MR) is 121 cm³/mol. The van der Waals surface area contributed by atoms with E-state index in [0.29, 0.717) is 28.5 Å². The second kappa shape index (κ2) is 10.3. The Morgan fingerprint density at radius 3 is 2.52 bits per heavy atom. The molecule has 0 radical (unpaired) electrons. The smallest absolute Gasteiger partial charge is 0.326 e. The van der Waals surface area contributed by atoms with E-state index in [2.05, 4.69) is 20.3 Å². The molecular weight excluding hydrogens is 423 g/mol. The molecule has 0 bridgehead atoms. The minimum Gasteiger partial charge on any atom is -0.489 e. The van der Waals surface area contributed by atoms with Gasteiger partial charge in [0.05, 0.1) is 5.69 Å². The number of carboxylic acids is 1. The third-order valence-electron chi connectivity index (χ3n) is 4.93. The fraction of sp³-hybridized carbons (Fsp3) is 0.120. The van der Waals surface area contributed by atoms with Gasteiger partial charge in [-0.05, 0) is 42.5 Å². The van der Waals surface area contributed by atoms with Crippen molar-refractivity contribution in [2.24, 2.45) is 0 Å². The van der Waals surface area contributed by atoms with Gasteiger partial charge in [0, 0.05) is 35.5 Å². The first-order chi connectivity index (χ1) is 16.1. The second-order valence-electron chi connectivity index (χ2n) is 7.25. The molecule has 0 aliphatic heterocycles. The highest BCUT2D eigenvalue weighted by molar-refractivity contribution is 5.77. The molecule has 0 aliphatic carbocycles. The van der Waals surface area contributed by atoms with Gasteiger partial charge in [-0.15, -0.1) is 0 Å². The van der Waals surface area contributed by atoms with Crippen LogP contribution in [0, 0.1) is 5.82 Å². The lowest BCUT2D eigenvalue weighted by Crippen LogP contribution is -2.32. The summed E-state index contributed by atoms with van der Waals surface area (Å²) in [6, 6.07) is 19.8. The van der Waals surface area contributed by atoms with Gasteiger partial charge in [-0.25, -0.2) is 19.2 Å². The van der Waals surface area contributed by atoms with Gasteiger partial charge in [-0.2, -0.15) is 0 Å². The summed E-state index contributed by atoms with van der Waals surface area (Å²) in [4.78, 5) is 24.3. The maximum absolute atomic E-state index is 13.7. The summed E-state index contributed by atoms with van der Waals surface area (Å²) in [5, 5.41) is 12.5. The van der Waals surface area contributed by atoms with Crippen molar-refractivity contribution in [1.29, 1.82) is 0 Å². The summed E-state index contributed by atoms with van der Waals surface area (Å²) in [5.41, 5.74) is 2.56. The van der Waals surface area contributed by atoms with E-state index in [1.807, 2.05) is 18.2 Å². The number of nitrogens with zero attached hydrogens (tertiary/aromatic N) is 3. The number of carboxylic acid groups (broad SMARTS) is 1. The number of rotatable bonds is 9. The van der Waals surface area contributed by atoms with Gasteiger partial charge in [0.1, 0.15) is 36.4 Å². The van der Waals surface area contributed by atoms with Crippen LogP contribution in [0.1, 0.15) is 11.3 Å². The zero-order chi connectivity index (χ0) is 23.0. The number of benzene rings is 2. The third kappa shape index (κ3) is 5.88. The maximum atomic E-state index is 13.7. The van der Waals surface area contributed by atoms with Crippen LogP contribution in [-0.4, -0.2) is 32.1 Å². The minimum atomic E-state index is -1.00. The Labute approximate surface area is 190 Å². The van der Waals surface area contributed by atoms with Gasteiger partial charge in [0.2, 0.25) is 0 Å². The Morgan fingerprint density at radius 1 is 1.00 bits per heavy atom. The fourth-order valence-corrected chi connectivity index (χ4v) is 3.20. The highest BCUT2D eigenvalue weighted by Gasteiger charge is 2.19. The van der Waals surface area contributed by atoms with Crippen LogP contribution in [-0.2, 0) is 17.8 Å². The van der Waals surface area contributed by atoms with E-state index in [1.165, 1.54) is 12.4 Å². The van der Waals surface area contributed by atoms with Crippen LogP contribution >= 0.6 is 0 Å². The van der Waals surface area contributed by atoms with E-state index >= 15 is 0 Å². The number of carbonyl (C=O) groups is 1. The van der Waals surface area contributed by atoms with Crippen LogP contribution < -0.4 is 10.1 Å². The van der Waals surface area contributed by atoms with Crippen molar-refractivity contribution >= 4 is 11.8 Å². The Morgan fingerprint density at radius 2 is 1.79 bits per heavy atom. The normalized spacial score (nSPS) is 11.5. The van der Waals surface area contributed by atoms with E-state index in [-0.39, 0.29) is 18.8 Å². The SMILES string of the molecule is O=C(O)C(Cc1ccccn1)Nc1cc(-c2ccc(OCc3ccccc3F)cc2)ncn1. The topological polar surface area (TPSA) is 97.2 Å². The summed E-state index contributed by atoms with van der Waals surface area (Å²) < 4.78 is 19.4. The maximum Gasteiger partial charge on any atom is 0.326 e. The summed E-state index contributed by atoms with van der Waals surface area (Å²) in [6.45, 7) is 0.125. The molecule has 0 aliphatic rings. The number of hydrogen-bond donors (Lipinski definition) is 2. The number of hydrogen-bond acceptors (Lipinski definition) is 6. The van der Waals surface area contributed by atoms with Gasteiger partial charge in [-0.1, -0.05) is 24.3 Å². The molecule has 2 N–H and O–H groups in total. The second-order valence-corrected chi connectivity index (χ2v) is 7.25. The molecule has 4 rings (SSSR count). The first-order valence-electron chi connectivity index (χ1n) is 10.3. The van der Waals surface area contributed by atoms with E-state index in [0.717, 1.165) is 5.56 Å². The number of aliphatic carboxylic acids is 1. The molecule has 2 heterocycles. The van der Waals surface area contributed by atoms with Crippen molar-refractivity contribution in [3.63, 3.8) is 0 Å². The van der Waals surface area contributed by atoms with Crippen molar-refractivity contribution in [1.82, 2.24) is 15.0 Å². The van der Waals surface area contributed by atoms with E-state index in [9.17, 15) is 14.3 Å². The largest absolute Gasteiger partial charge is 0.489 e. The van der Waals surface area contributed by atoms with Crippen molar-refractivity contribution in [2.45, 2.75) is 19.1 Å². The Balaban J connectivity index is 1.43. The van der Waals surface area contributed by atoms with Gasteiger partial charge < -0.3 is 15.2 Å². The van der Waals surface area contributed by atoms with Crippen LogP contribution in [0.25, 0.3) is 11.3 Å². The predicted octanol–water partition coefficient (Wildman–Crippen LogP) is 4.36. The van der Waals surface area contributed by atoms with Crippen LogP contribution in [0.15, 0.2) is 85.3 Å². The van der Waals surface area contributed by atoms with Gasteiger partial charge in [0.25, 0.3) is 0 Å². The molecule has 33 heavy (non-hydrogen) atoms. The number of pyridine rings is 1. The molecule has 166 valence electrons. The molecular formula is C25H21FN4O3. The van der Waals surface area contributed by atoms with E-state index < -0.39 is 12.0 Å². The zero-order valence-electron chi connectivity index (χ0n) is 17.6. The summed E-state index contributed by atoms with van der Waals surface area (Å²) in [7, 11) is 0. The molecule has 1 unspecified atom stereocenters. The summed E-state index contributed by atoms with van der Waals surface area (Å²) >= 11 is 0. The van der Waals surface area contributed by atoms with Crippen LogP contribution in [0.4, 0.5) is 10.2 Å². The number of ether oxygens (including phenoxy) is 1. The minimum absolute atomic E-state index is 0.125. The number of aromatic nitrogens is 3. The van der Waals surface area contributed by atoms with Gasteiger partial charge in [-0.3, -0.25) is 4.98 Å². The van der Waals surface area contributed by atoms with Crippen LogP contribution in [0.2, 0.25) is 0 Å². The zero-order valence-corrected chi connectivity index (χ0v) is 17.6. The van der Waals surface area contributed by atoms with E-state index in [4.69, 9.17) is 4.74 Å². The Kier molecular flexibility index (Phi) is 6.84. The lowest BCUT2D eigenvalue weighted by Gasteiger charge is -2.15. The first-order valence-corrected chi connectivity index (χ1v) is 10.3. The van der Waals surface area contributed by atoms with Gasteiger partial charge >= 0.3 is 5.97 Å². The standard InChI is InChI=1S/C25H21FN4O3/c26-21-7-2-1-5-18(21)15-33-20-10-8-17(9-11-20)22-14-24(29-16-28-22)30-23(25(31)32)13-19-6-3-4-12-27-19/h1-12,14,16,23H,13,15H2,(H,31,32)(H,28,29,30). The Bertz CT molecular complexity index is 1220. The molecule has 0 saturated carbocycles. The van der Waals surface area contributed by atoms with Crippen molar-refractivity contribution < 1.29 is 19.0 Å². The van der Waals surface area contributed by atoms with Gasteiger partial charge in [0.15, 0.2) is 0 Å². The van der Waals surface area contributed by atoms with Crippen molar-refractivity contribution in [3.05, 3.63) is 102 Å². The quantitative estimate of drug-likeness (QED) is 0.396. The van der Waals surface area contributed by atoms with Crippen LogP contribution in [0.3, 0.4) is 0 Å². The third-order valence-corrected chi connectivity index (χ3v) is 4.93. The van der Waals surface area contributed by atoms with Crippen molar-refractivity contribution in [3.8, 4) is 17.0 Å². The highest BCUT2D eigenvalue weighted by atomic mass is 19.1. The first kappa shape index (κ1) is 21.9.